The van der Waals surface area contributed by atoms with E-state index < -0.39 is 16.5 Å². The fourth-order valence-corrected chi connectivity index (χ4v) is 1.81. The molecular weight excluding hydrogens is 272 g/mol. The molecule has 7 nitrogen and oxygen atoms in total. The van der Waals surface area contributed by atoms with Crippen molar-refractivity contribution < 1.29 is 9.72 Å². The molecule has 1 N–H and O–H groups in total. The lowest BCUT2D eigenvalue weighted by atomic mass is 10.1. The van der Waals surface area contributed by atoms with Crippen LogP contribution in [0.5, 0.6) is 0 Å². The van der Waals surface area contributed by atoms with Crippen LogP contribution < -0.4 is 5.32 Å². The molecule has 2 rings (SSSR count). The van der Waals surface area contributed by atoms with Crippen molar-refractivity contribution in [2.24, 2.45) is 7.05 Å². The number of nitro groups is 1. The Hall–Kier alpha value is -2.41. The number of halogens is 1. The molecular formula is C11H9ClN4O3. The maximum Gasteiger partial charge on any atom is 0.300 e. The van der Waals surface area contributed by atoms with Gasteiger partial charge in [0.05, 0.1) is 16.8 Å². The van der Waals surface area contributed by atoms with Gasteiger partial charge in [-0.2, -0.15) is 5.10 Å². The van der Waals surface area contributed by atoms with Gasteiger partial charge in [-0.05, 0) is 12.1 Å². The minimum atomic E-state index is -0.680. The number of carbonyl (C=O) groups is 1. The lowest BCUT2D eigenvalue weighted by Crippen LogP contribution is -2.13. The van der Waals surface area contributed by atoms with Crippen LogP contribution in [0.1, 0.15) is 10.4 Å². The van der Waals surface area contributed by atoms with Crippen molar-refractivity contribution in [3.63, 3.8) is 0 Å². The summed E-state index contributed by atoms with van der Waals surface area (Å²) in [5, 5.41) is 17.2. The van der Waals surface area contributed by atoms with E-state index in [9.17, 15) is 14.9 Å². The molecule has 2 aromatic rings. The van der Waals surface area contributed by atoms with E-state index in [1.54, 1.807) is 13.2 Å². The lowest BCUT2D eigenvalue weighted by Gasteiger charge is -2.04. The summed E-state index contributed by atoms with van der Waals surface area (Å²) in [5.41, 5.74) is -0.0614. The first-order chi connectivity index (χ1) is 8.99. The monoisotopic (exact) mass is 280 g/mol. The van der Waals surface area contributed by atoms with Gasteiger partial charge in [-0.1, -0.05) is 17.7 Å². The maximum absolute atomic E-state index is 12.0. The van der Waals surface area contributed by atoms with E-state index in [0.29, 0.717) is 5.69 Å². The number of nitro benzene ring substituents is 1. The maximum atomic E-state index is 12.0. The summed E-state index contributed by atoms with van der Waals surface area (Å²) < 4.78 is 1.50. The molecule has 1 amide bonds. The normalized spacial score (nSPS) is 10.2. The van der Waals surface area contributed by atoms with Crippen LogP contribution in [0.15, 0.2) is 30.6 Å². The molecule has 0 bridgehead atoms. The fourth-order valence-electron chi connectivity index (χ4n) is 1.57. The molecule has 1 heterocycles. The van der Waals surface area contributed by atoms with Crippen molar-refractivity contribution in [3.8, 4) is 0 Å². The number of anilines is 1. The molecule has 19 heavy (non-hydrogen) atoms. The molecule has 0 unspecified atom stereocenters. The third-order valence-electron chi connectivity index (χ3n) is 2.38. The molecule has 0 aliphatic carbocycles. The van der Waals surface area contributed by atoms with E-state index in [2.05, 4.69) is 10.4 Å². The van der Waals surface area contributed by atoms with E-state index in [1.807, 2.05) is 0 Å². The first-order valence-electron chi connectivity index (χ1n) is 5.22. The predicted octanol–water partition coefficient (Wildman–Crippen LogP) is 2.23. The number of hydrogen-bond donors (Lipinski definition) is 1. The van der Waals surface area contributed by atoms with Crippen LogP contribution in [0.4, 0.5) is 11.4 Å². The molecule has 0 aliphatic rings. The zero-order valence-corrected chi connectivity index (χ0v) is 10.6. The first-order valence-corrected chi connectivity index (χ1v) is 5.59. The summed E-state index contributed by atoms with van der Waals surface area (Å²) in [6.07, 6.45) is 3.02. The van der Waals surface area contributed by atoms with Crippen molar-refractivity contribution in [2.75, 3.05) is 5.32 Å². The van der Waals surface area contributed by atoms with Crippen LogP contribution in [0.3, 0.4) is 0 Å². The average Bonchev–Trinajstić information content (AvgIpc) is 2.73. The van der Waals surface area contributed by atoms with Crippen molar-refractivity contribution in [2.45, 2.75) is 0 Å². The second-order valence-corrected chi connectivity index (χ2v) is 4.16. The van der Waals surface area contributed by atoms with Crippen LogP contribution in [0.25, 0.3) is 0 Å². The quantitative estimate of drug-likeness (QED) is 0.689. The largest absolute Gasteiger partial charge is 0.319 e. The van der Waals surface area contributed by atoms with Gasteiger partial charge < -0.3 is 5.32 Å². The molecule has 0 saturated heterocycles. The highest BCUT2D eigenvalue weighted by Gasteiger charge is 2.23. The molecule has 0 aliphatic heterocycles. The van der Waals surface area contributed by atoms with Gasteiger partial charge in [-0.25, -0.2) is 0 Å². The molecule has 0 saturated carbocycles. The summed E-state index contributed by atoms with van der Waals surface area (Å²) in [7, 11) is 1.69. The Kier molecular flexibility index (Phi) is 3.48. The van der Waals surface area contributed by atoms with Gasteiger partial charge in [0.1, 0.15) is 10.6 Å². The topological polar surface area (TPSA) is 90.1 Å². The van der Waals surface area contributed by atoms with Gasteiger partial charge in [0.25, 0.3) is 5.91 Å². The molecule has 0 fully saturated rings. The molecule has 1 aromatic heterocycles. The minimum Gasteiger partial charge on any atom is -0.319 e. The van der Waals surface area contributed by atoms with Crippen molar-refractivity contribution in [1.82, 2.24) is 9.78 Å². The number of carbonyl (C=O) groups excluding carboxylic acids is 1. The zero-order chi connectivity index (χ0) is 14.0. The van der Waals surface area contributed by atoms with Crippen LogP contribution in [0.2, 0.25) is 5.02 Å². The van der Waals surface area contributed by atoms with Crippen molar-refractivity contribution >= 4 is 28.9 Å². The number of aryl methyl sites for hydroxylation is 1. The summed E-state index contributed by atoms with van der Waals surface area (Å²) in [6, 6.07) is 4.18. The van der Waals surface area contributed by atoms with Gasteiger partial charge in [0.2, 0.25) is 0 Å². The number of rotatable bonds is 3. The van der Waals surface area contributed by atoms with E-state index in [4.69, 9.17) is 11.6 Å². The third-order valence-corrected chi connectivity index (χ3v) is 2.68. The molecule has 1 aromatic carbocycles. The van der Waals surface area contributed by atoms with Gasteiger partial charge in [-0.15, -0.1) is 0 Å². The number of nitrogens with zero attached hydrogens (tertiary/aromatic N) is 3. The average molecular weight is 281 g/mol. The SMILES string of the molecule is Cn1cc(NC(=O)c2cccc(Cl)c2[N+](=O)[O-])cn1. The first kappa shape index (κ1) is 13.0. The van der Waals surface area contributed by atoms with E-state index in [1.165, 1.54) is 29.1 Å². The number of hydrogen-bond acceptors (Lipinski definition) is 4. The minimum absolute atomic E-state index is 0.0798. The van der Waals surface area contributed by atoms with Gasteiger partial charge in [0, 0.05) is 13.2 Å². The van der Waals surface area contributed by atoms with Crippen LogP contribution in [-0.2, 0) is 7.05 Å². The number of nitrogens with one attached hydrogen (secondary N) is 1. The fraction of sp³-hybridized carbons (Fsp3) is 0.0909. The highest BCUT2D eigenvalue weighted by molar-refractivity contribution is 6.33. The smallest absolute Gasteiger partial charge is 0.300 e. The highest BCUT2D eigenvalue weighted by Crippen LogP contribution is 2.28. The van der Waals surface area contributed by atoms with Crippen LogP contribution in [-0.4, -0.2) is 20.6 Å². The summed E-state index contributed by atoms with van der Waals surface area (Å²) >= 11 is 5.74. The van der Waals surface area contributed by atoms with E-state index in [-0.39, 0.29) is 10.6 Å². The van der Waals surface area contributed by atoms with E-state index >= 15 is 0 Å². The van der Waals surface area contributed by atoms with E-state index in [0.717, 1.165) is 0 Å². The summed E-state index contributed by atoms with van der Waals surface area (Å²) in [5.74, 6) is -0.609. The summed E-state index contributed by atoms with van der Waals surface area (Å²) in [4.78, 5) is 22.2. The van der Waals surface area contributed by atoms with Gasteiger partial charge >= 0.3 is 5.69 Å². The Morgan fingerprint density at radius 3 is 2.84 bits per heavy atom. The Bertz CT molecular complexity index is 653. The Labute approximate surface area is 112 Å². The number of para-hydroxylation sites is 1. The Morgan fingerprint density at radius 1 is 1.53 bits per heavy atom. The van der Waals surface area contributed by atoms with Gasteiger partial charge in [-0.3, -0.25) is 19.6 Å². The standard InChI is InChI=1S/C11H9ClN4O3/c1-15-6-7(5-13-15)14-11(17)8-3-2-4-9(12)10(8)16(18)19/h2-6H,1H3,(H,14,17). The van der Waals surface area contributed by atoms with Crippen molar-refractivity contribution in [1.29, 1.82) is 0 Å². The predicted molar refractivity (Wildman–Crippen MR) is 69.3 cm³/mol. The molecule has 0 radical (unpaired) electrons. The van der Waals surface area contributed by atoms with Crippen molar-refractivity contribution in [3.05, 3.63) is 51.3 Å². The molecule has 98 valence electrons. The lowest BCUT2D eigenvalue weighted by molar-refractivity contribution is -0.385. The number of aromatic nitrogens is 2. The third kappa shape index (κ3) is 2.71. The zero-order valence-electron chi connectivity index (χ0n) is 9.83. The molecule has 0 atom stereocenters. The highest BCUT2D eigenvalue weighted by atomic mass is 35.5. The second-order valence-electron chi connectivity index (χ2n) is 3.75. The number of benzene rings is 1. The number of amides is 1. The molecule has 0 spiro atoms. The Morgan fingerprint density at radius 2 is 2.26 bits per heavy atom. The summed E-state index contributed by atoms with van der Waals surface area (Å²) in [6.45, 7) is 0. The molecule has 8 heteroatoms. The van der Waals surface area contributed by atoms with Crippen LogP contribution >= 0.6 is 11.6 Å². The van der Waals surface area contributed by atoms with Gasteiger partial charge in [0.15, 0.2) is 0 Å². The Balaban J connectivity index is 2.34. The van der Waals surface area contributed by atoms with Crippen LogP contribution in [0, 0.1) is 10.1 Å². The second kappa shape index (κ2) is 5.07.